The van der Waals surface area contributed by atoms with Crippen LogP contribution in [0, 0.1) is 5.92 Å². The fourth-order valence-corrected chi connectivity index (χ4v) is 0.974. The van der Waals surface area contributed by atoms with Gasteiger partial charge in [-0.05, 0) is 31.9 Å². The van der Waals surface area contributed by atoms with Gasteiger partial charge >= 0.3 is 5.97 Å². The lowest BCUT2D eigenvalue weighted by atomic mass is 10.1. The van der Waals surface area contributed by atoms with E-state index in [4.69, 9.17) is 4.74 Å². The molecule has 0 heterocycles. The number of esters is 1. The SMILES string of the molecule is CCOC(=O)/C=C/CN=CCCC(C)C. The van der Waals surface area contributed by atoms with Gasteiger partial charge < -0.3 is 4.74 Å². The minimum Gasteiger partial charge on any atom is -0.463 e. The molecule has 15 heavy (non-hydrogen) atoms. The number of nitrogens with zero attached hydrogens (tertiary/aromatic N) is 1. The Morgan fingerprint density at radius 2 is 2.20 bits per heavy atom. The lowest BCUT2D eigenvalue weighted by Crippen LogP contribution is -1.99. The van der Waals surface area contributed by atoms with Gasteiger partial charge in [0, 0.05) is 6.08 Å². The number of rotatable bonds is 7. The summed E-state index contributed by atoms with van der Waals surface area (Å²) < 4.78 is 4.72. The van der Waals surface area contributed by atoms with Crippen LogP contribution in [-0.2, 0) is 9.53 Å². The molecule has 0 fully saturated rings. The summed E-state index contributed by atoms with van der Waals surface area (Å²) in [4.78, 5) is 15.0. The van der Waals surface area contributed by atoms with Crippen molar-refractivity contribution in [3.8, 4) is 0 Å². The van der Waals surface area contributed by atoms with Crippen LogP contribution in [0.5, 0.6) is 0 Å². The van der Waals surface area contributed by atoms with Crippen molar-refractivity contribution in [2.24, 2.45) is 10.9 Å². The first-order valence-electron chi connectivity index (χ1n) is 5.48. The van der Waals surface area contributed by atoms with Crippen LogP contribution < -0.4 is 0 Å². The summed E-state index contributed by atoms with van der Waals surface area (Å²) in [6.07, 6.45) is 7.21. The molecule has 0 N–H and O–H groups in total. The first kappa shape index (κ1) is 13.9. The molecule has 0 aromatic rings. The lowest BCUT2D eigenvalue weighted by molar-refractivity contribution is -0.137. The number of carbonyl (C=O) groups is 1. The first-order valence-corrected chi connectivity index (χ1v) is 5.48. The maximum absolute atomic E-state index is 10.9. The van der Waals surface area contributed by atoms with Crippen LogP contribution in [-0.4, -0.2) is 25.3 Å². The summed E-state index contributed by atoms with van der Waals surface area (Å²) >= 11 is 0. The highest BCUT2D eigenvalue weighted by Gasteiger charge is 1.91. The molecule has 0 spiro atoms. The molecular weight excluding hydrogens is 190 g/mol. The predicted molar refractivity (Wildman–Crippen MR) is 63.2 cm³/mol. The minimum atomic E-state index is -0.296. The smallest absolute Gasteiger partial charge is 0.330 e. The fourth-order valence-electron chi connectivity index (χ4n) is 0.974. The third-order valence-electron chi connectivity index (χ3n) is 1.75. The van der Waals surface area contributed by atoms with Gasteiger partial charge in [-0.3, -0.25) is 4.99 Å². The van der Waals surface area contributed by atoms with Crippen LogP contribution in [0.3, 0.4) is 0 Å². The molecule has 0 unspecified atom stereocenters. The van der Waals surface area contributed by atoms with Gasteiger partial charge in [-0.1, -0.05) is 19.9 Å². The van der Waals surface area contributed by atoms with Crippen molar-refractivity contribution < 1.29 is 9.53 Å². The van der Waals surface area contributed by atoms with Gasteiger partial charge in [0.25, 0.3) is 0 Å². The fraction of sp³-hybridized carbons (Fsp3) is 0.667. The number of ether oxygens (including phenoxy) is 1. The van der Waals surface area contributed by atoms with Crippen LogP contribution in [0.2, 0.25) is 0 Å². The monoisotopic (exact) mass is 211 g/mol. The van der Waals surface area contributed by atoms with Crippen molar-refractivity contribution in [2.75, 3.05) is 13.2 Å². The van der Waals surface area contributed by atoms with E-state index in [0.29, 0.717) is 19.1 Å². The van der Waals surface area contributed by atoms with E-state index in [9.17, 15) is 4.79 Å². The van der Waals surface area contributed by atoms with Crippen molar-refractivity contribution in [3.63, 3.8) is 0 Å². The van der Waals surface area contributed by atoms with E-state index in [1.165, 1.54) is 6.08 Å². The molecule has 0 radical (unpaired) electrons. The van der Waals surface area contributed by atoms with Crippen molar-refractivity contribution in [1.29, 1.82) is 0 Å². The highest BCUT2D eigenvalue weighted by Crippen LogP contribution is 2.00. The van der Waals surface area contributed by atoms with Crippen LogP contribution in [0.25, 0.3) is 0 Å². The van der Waals surface area contributed by atoms with E-state index in [0.717, 1.165) is 12.8 Å². The summed E-state index contributed by atoms with van der Waals surface area (Å²) in [6.45, 7) is 7.14. The van der Waals surface area contributed by atoms with Gasteiger partial charge in [0.2, 0.25) is 0 Å². The average Bonchev–Trinajstić information content (AvgIpc) is 2.16. The van der Waals surface area contributed by atoms with Crippen molar-refractivity contribution in [3.05, 3.63) is 12.2 Å². The maximum Gasteiger partial charge on any atom is 0.330 e. The van der Waals surface area contributed by atoms with E-state index >= 15 is 0 Å². The highest BCUT2D eigenvalue weighted by atomic mass is 16.5. The van der Waals surface area contributed by atoms with E-state index in [2.05, 4.69) is 18.8 Å². The molecule has 0 saturated carbocycles. The van der Waals surface area contributed by atoms with Crippen LogP contribution in [0.15, 0.2) is 17.1 Å². The van der Waals surface area contributed by atoms with Crippen molar-refractivity contribution in [2.45, 2.75) is 33.6 Å². The standard InChI is InChI=1S/C12H21NO2/c1-4-15-12(14)8-6-10-13-9-5-7-11(2)3/h6,8-9,11H,4-5,7,10H2,1-3H3/b8-6+,13-9?. The van der Waals surface area contributed by atoms with E-state index < -0.39 is 0 Å². The Hall–Kier alpha value is -1.12. The van der Waals surface area contributed by atoms with E-state index in [1.54, 1.807) is 13.0 Å². The van der Waals surface area contributed by atoms with Gasteiger partial charge in [0.15, 0.2) is 0 Å². The van der Waals surface area contributed by atoms with Gasteiger partial charge in [-0.25, -0.2) is 4.79 Å². The average molecular weight is 211 g/mol. The molecule has 0 amide bonds. The van der Waals surface area contributed by atoms with Gasteiger partial charge in [0.1, 0.15) is 0 Å². The van der Waals surface area contributed by atoms with Crippen molar-refractivity contribution in [1.82, 2.24) is 0 Å². The molecule has 0 rings (SSSR count). The molecular formula is C12H21NO2. The first-order chi connectivity index (χ1) is 7.16. The number of aliphatic imine (C=N–C) groups is 1. The predicted octanol–water partition coefficient (Wildman–Crippen LogP) is 2.61. The Bertz CT molecular complexity index is 220. The zero-order chi connectivity index (χ0) is 11.5. The van der Waals surface area contributed by atoms with E-state index in [-0.39, 0.29) is 5.97 Å². The third-order valence-corrected chi connectivity index (χ3v) is 1.75. The molecule has 0 aromatic heterocycles. The summed E-state index contributed by atoms with van der Waals surface area (Å²) in [5, 5.41) is 0. The maximum atomic E-state index is 10.9. The van der Waals surface area contributed by atoms with Crippen LogP contribution in [0.4, 0.5) is 0 Å². The zero-order valence-electron chi connectivity index (χ0n) is 9.90. The second-order valence-corrected chi connectivity index (χ2v) is 3.67. The minimum absolute atomic E-state index is 0.296. The van der Waals surface area contributed by atoms with Crippen LogP contribution in [0.1, 0.15) is 33.6 Å². The van der Waals surface area contributed by atoms with Gasteiger partial charge in [-0.15, -0.1) is 0 Å². The molecule has 0 atom stereocenters. The summed E-state index contributed by atoms with van der Waals surface area (Å²) in [7, 11) is 0. The Morgan fingerprint density at radius 1 is 1.47 bits per heavy atom. The van der Waals surface area contributed by atoms with E-state index in [1.807, 2.05) is 6.21 Å². The Labute approximate surface area is 92.2 Å². The molecule has 0 aliphatic rings. The second-order valence-electron chi connectivity index (χ2n) is 3.67. The Kier molecular flexibility index (Phi) is 8.73. The van der Waals surface area contributed by atoms with Crippen molar-refractivity contribution >= 4 is 12.2 Å². The largest absolute Gasteiger partial charge is 0.463 e. The molecule has 0 aromatic carbocycles. The molecule has 0 aliphatic carbocycles. The quantitative estimate of drug-likeness (QED) is 0.369. The third kappa shape index (κ3) is 10.8. The Balaban J connectivity index is 3.47. The normalized spacial score (nSPS) is 11.7. The topological polar surface area (TPSA) is 38.7 Å². The molecule has 0 saturated heterocycles. The molecule has 3 heteroatoms. The molecule has 0 bridgehead atoms. The second kappa shape index (κ2) is 9.44. The molecule has 0 aliphatic heterocycles. The number of hydrogen-bond acceptors (Lipinski definition) is 3. The number of carbonyl (C=O) groups excluding carboxylic acids is 1. The molecule has 3 nitrogen and oxygen atoms in total. The summed E-state index contributed by atoms with van der Waals surface area (Å²) in [6, 6.07) is 0. The summed E-state index contributed by atoms with van der Waals surface area (Å²) in [5.74, 6) is 0.418. The Morgan fingerprint density at radius 3 is 2.80 bits per heavy atom. The number of hydrogen-bond donors (Lipinski definition) is 0. The van der Waals surface area contributed by atoms with Crippen LogP contribution >= 0.6 is 0 Å². The zero-order valence-corrected chi connectivity index (χ0v) is 9.90. The summed E-state index contributed by atoms with van der Waals surface area (Å²) in [5.41, 5.74) is 0. The van der Waals surface area contributed by atoms with Gasteiger partial charge in [-0.2, -0.15) is 0 Å². The van der Waals surface area contributed by atoms with Gasteiger partial charge in [0.05, 0.1) is 13.2 Å². The lowest BCUT2D eigenvalue weighted by Gasteiger charge is -1.97. The highest BCUT2D eigenvalue weighted by molar-refractivity contribution is 5.81. The molecule has 86 valence electrons.